The molecule has 5 nitrogen and oxygen atoms in total. The van der Waals surface area contributed by atoms with E-state index in [9.17, 15) is 10.1 Å². The lowest BCUT2D eigenvalue weighted by Crippen LogP contribution is -2.36. The van der Waals surface area contributed by atoms with E-state index >= 15 is 0 Å². The minimum atomic E-state index is -0.448. The van der Waals surface area contributed by atoms with Gasteiger partial charge >= 0.3 is 0 Å². The Bertz CT molecular complexity index is 479. The van der Waals surface area contributed by atoms with Crippen LogP contribution in [0.15, 0.2) is 18.2 Å². The molecule has 1 heterocycles. The van der Waals surface area contributed by atoms with Crippen LogP contribution in [0, 0.1) is 10.1 Å². The van der Waals surface area contributed by atoms with Crippen LogP contribution in [0.1, 0.15) is 25.3 Å². The van der Waals surface area contributed by atoms with E-state index in [1.807, 2.05) is 0 Å². The van der Waals surface area contributed by atoms with Gasteiger partial charge in [0.1, 0.15) is 5.02 Å². The Morgan fingerprint density at radius 2 is 2.29 bits per heavy atom. The SMILES string of the molecule is CCCN(Cc1ccc([N+](=O)[O-])c(Cl)c1)C1CCNC1.Cl. The summed E-state index contributed by atoms with van der Waals surface area (Å²) in [7, 11) is 0. The molecule has 1 N–H and O–H groups in total. The van der Waals surface area contributed by atoms with Crippen molar-refractivity contribution in [3.8, 4) is 0 Å². The highest BCUT2D eigenvalue weighted by Crippen LogP contribution is 2.26. The fourth-order valence-electron chi connectivity index (χ4n) is 2.66. The lowest BCUT2D eigenvalue weighted by atomic mass is 10.1. The summed E-state index contributed by atoms with van der Waals surface area (Å²) in [5.41, 5.74) is 1.00. The second kappa shape index (κ2) is 8.54. The lowest BCUT2D eigenvalue weighted by Gasteiger charge is -2.28. The van der Waals surface area contributed by atoms with E-state index in [2.05, 4.69) is 17.1 Å². The van der Waals surface area contributed by atoms with Crippen molar-refractivity contribution >= 4 is 29.7 Å². The highest BCUT2D eigenvalue weighted by Gasteiger charge is 2.22. The number of nitro benzene ring substituents is 1. The first-order valence-electron chi connectivity index (χ1n) is 6.99. The van der Waals surface area contributed by atoms with E-state index in [0.29, 0.717) is 6.04 Å². The first-order chi connectivity index (χ1) is 9.61. The van der Waals surface area contributed by atoms with Crippen LogP contribution >= 0.6 is 24.0 Å². The zero-order valence-corrected chi connectivity index (χ0v) is 13.6. The molecule has 2 rings (SSSR count). The summed E-state index contributed by atoms with van der Waals surface area (Å²) in [6.07, 6.45) is 2.25. The molecule has 1 atom stereocenters. The smallest absolute Gasteiger partial charge is 0.287 e. The van der Waals surface area contributed by atoms with E-state index in [4.69, 9.17) is 11.6 Å². The van der Waals surface area contributed by atoms with Gasteiger partial charge in [0.25, 0.3) is 5.69 Å². The standard InChI is InChI=1S/C14H20ClN3O2.ClH/c1-2-7-17(12-5-6-16-9-12)10-11-3-4-14(18(19)20)13(15)8-11;/h3-4,8,12,16H,2,5-7,9-10H2,1H3;1H. The van der Waals surface area contributed by atoms with Crippen LogP contribution in [-0.4, -0.2) is 35.5 Å². The van der Waals surface area contributed by atoms with Crippen LogP contribution in [-0.2, 0) is 6.54 Å². The van der Waals surface area contributed by atoms with E-state index in [1.165, 1.54) is 6.07 Å². The number of nitro groups is 1. The lowest BCUT2D eigenvalue weighted by molar-refractivity contribution is -0.384. The van der Waals surface area contributed by atoms with Gasteiger partial charge in [-0.05, 0) is 37.6 Å². The van der Waals surface area contributed by atoms with E-state index in [0.717, 1.165) is 44.6 Å². The van der Waals surface area contributed by atoms with Crippen LogP contribution in [0.5, 0.6) is 0 Å². The summed E-state index contributed by atoms with van der Waals surface area (Å²) in [6.45, 7) is 6.06. The molecule has 0 bridgehead atoms. The Labute approximate surface area is 136 Å². The third-order valence-electron chi connectivity index (χ3n) is 3.66. The number of hydrogen-bond acceptors (Lipinski definition) is 4. The highest BCUT2D eigenvalue weighted by atomic mass is 35.5. The van der Waals surface area contributed by atoms with Gasteiger partial charge in [0, 0.05) is 25.2 Å². The normalized spacial score (nSPS) is 17.8. The van der Waals surface area contributed by atoms with Crippen LogP contribution in [0.3, 0.4) is 0 Å². The molecule has 1 saturated heterocycles. The molecule has 0 spiro atoms. The largest absolute Gasteiger partial charge is 0.315 e. The molecule has 1 fully saturated rings. The fourth-order valence-corrected chi connectivity index (χ4v) is 2.93. The quantitative estimate of drug-likeness (QED) is 0.641. The maximum absolute atomic E-state index is 10.8. The van der Waals surface area contributed by atoms with E-state index in [1.54, 1.807) is 12.1 Å². The van der Waals surface area contributed by atoms with Crippen LogP contribution in [0.4, 0.5) is 5.69 Å². The Morgan fingerprint density at radius 1 is 1.52 bits per heavy atom. The Kier molecular flexibility index (Phi) is 7.39. The van der Waals surface area contributed by atoms with Gasteiger partial charge in [-0.3, -0.25) is 15.0 Å². The fraction of sp³-hybridized carbons (Fsp3) is 0.571. The number of benzene rings is 1. The maximum Gasteiger partial charge on any atom is 0.287 e. The minimum Gasteiger partial charge on any atom is -0.315 e. The summed E-state index contributed by atoms with van der Waals surface area (Å²) < 4.78 is 0. The number of halogens is 2. The molecule has 0 aliphatic carbocycles. The molecule has 7 heteroatoms. The van der Waals surface area contributed by atoms with Crippen LogP contribution < -0.4 is 5.32 Å². The van der Waals surface area contributed by atoms with Gasteiger partial charge < -0.3 is 5.32 Å². The summed E-state index contributed by atoms with van der Waals surface area (Å²) in [5, 5.41) is 14.4. The van der Waals surface area contributed by atoms with Crippen molar-refractivity contribution in [3.05, 3.63) is 38.9 Å². The van der Waals surface area contributed by atoms with Gasteiger partial charge in [-0.15, -0.1) is 12.4 Å². The molecule has 1 aromatic rings. The minimum absolute atomic E-state index is 0. The van der Waals surface area contributed by atoms with Gasteiger partial charge in [0.2, 0.25) is 0 Å². The number of nitrogens with zero attached hydrogens (tertiary/aromatic N) is 2. The first kappa shape index (κ1) is 18.2. The summed E-state index contributed by atoms with van der Waals surface area (Å²) >= 11 is 5.97. The molecule has 21 heavy (non-hydrogen) atoms. The molecular formula is C14H21Cl2N3O2. The Balaban J connectivity index is 0.00000220. The van der Waals surface area contributed by atoms with Gasteiger partial charge in [0.05, 0.1) is 4.92 Å². The summed E-state index contributed by atoms with van der Waals surface area (Å²) in [4.78, 5) is 12.7. The Hall–Kier alpha value is -0.880. The van der Waals surface area contributed by atoms with Crippen molar-refractivity contribution < 1.29 is 4.92 Å². The topological polar surface area (TPSA) is 58.4 Å². The van der Waals surface area contributed by atoms with Crippen molar-refractivity contribution in [1.82, 2.24) is 10.2 Å². The van der Waals surface area contributed by atoms with Gasteiger partial charge in [-0.2, -0.15) is 0 Å². The average Bonchev–Trinajstić information content (AvgIpc) is 2.91. The van der Waals surface area contributed by atoms with E-state index in [-0.39, 0.29) is 23.1 Å². The van der Waals surface area contributed by atoms with Crippen molar-refractivity contribution in [3.63, 3.8) is 0 Å². The third-order valence-corrected chi connectivity index (χ3v) is 3.96. The number of hydrogen-bond donors (Lipinski definition) is 1. The summed E-state index contributed by atoms with van der Waals surface area (Å²) in [6, 6.07) is 5.55. The first-order valence-corrected chi connectivity index (χ1v) is 7.37. The summed E-state index contributed by atoms with van der Waals surface area (Å²) in [5.74, 6) is 0. The second-order valence-corrected chi connectivity index (χ2v) is 5.57. The molecule has 1 aliphatic rings. The molecule has 118 valence electrons. The number of rotatable bonds is 6. The van der Waals surface area contributed by atoms with Crippen molar-refractivity contribution in [2.45, 2.75) is 32.4 Å². The predicted octanol–water partition coefficient (Wildman–Crippen LogP) is 3.24. The van der Waals surface area contributed by atoms with Gasteiger partial charge in [0.15, 0.2) is 0 Å². The zero-order valence-electron chi connectivity index (χ0n) is 12.0. The van der Waals surface area contributed by atoms with Crippen molar-refractivity contribution in [2.75, 3.05) is 19.6 Å². The predicted molar refractivity (Wildman–Crippen MR) is 87.3 cm³/mol. The average molecular weight is 334 g/mol. The van der Waals surface area contributed by atoms with Gasteiger partial charge in [-0.1, -0.05) is 24.6 Å². The second-order valence-electron chi connectivity index (χ2n) is 5.16. The molecule has 0 amide bonds. The number of nitrogens with one attached hydrogen (secondary N) is 1. The monoisotopic (exact) mass is 333 g/mol. The molecule has 0 saturated carbocycles. The molecule has 0 aromatic heterocycles. The molecule has 1 aromatic carbocycles. The Morgan fingerprint density at radius 3 is 2.81 bits per heavy atom. The molecular weight excluding hydrogens is 313 g/mol. The van der Waals surface area contributed by atoms with E-state index < -0.39 is 4.92 Å². The molecule has 1 unspecified atom stereocenters. The van der Waals surface area contributed by atoms with Gasteiger partial charge in [-0.25, -0.2) is 0 Å². The zero-order chi connectivity index (χ0) is 14.5. The highest BCUT2D eigenvalue weighted by molar-refractivity contribution is 6.32. The van der Waals surface area contributed by atoms with Crippen molar-refractivity contribution in [2.24, 2.45) is 0 Å². The van der Waals surface area contributed by atoms with Crippen LogP contribution in [0.25, 0.3) is 0 Å². The van der Waals surface area contributed by atoms with Crippen LogP contribution in [0.2, 0.25) is 5.02 Å². The van der Waals surface area contributed by atoms with Crippen molar-refractivity contribution in [1.29, 1.82) is 0 Å². The third kappa shape index (κ3) is 4.81. The molecule has 1 aliphatic heterocycles. The molecule has 0 radical (unpaired) electrons. The maximum atomic E-state index is 10.8.